The van der Waals surface area contributed by atoms with Gasteiger partial charge in [0.15, 0.2) is 9.84 Å². The SMILES string of the molecule is CN(Cc1ccccc1)C(=O)c1cnc(N(C)C2CCS(=O)(=O)C2)cn1. The molecular formula is C18H22N4O3S. The van der Waals surface area contributed by atoms with E-state index in [0.29, 0.717) is 18.8 Å². The summed E-state index contributed by atoms with van der Waals surface area (Å²) >= 11 is 0. The van der Waals surface area contributed by atoms with Gasteiger partial charge in [0.2, 0.25) is 0 Å². The van der Waals surface area contributed by atoms with E-state index in [0.717, 1.165) is 5.56 Å². The summed E-state index contributed by atoms with van der Waals surface area (Å²) in [5.41, 5.74) is 1.30. The van der Waals surface area contributed by atoms with Crippen LogP contribution in [0.3, 0.4) is 0 Å². The van der Waals surface area contributed by atoms with Crippen molar-refractivity contribution in [1.82, 2.24) is 14.9 Å². The van der Waals surface area contributed by atoms with Crippen LogP contribution in [0.25, 0.3) is 0 Å². The molecule has 0 saturated carbocycles. The Kier molecular flexibility index (Phi) is 5.22. The molecule has 1 aliphatic heterocycles. The van der Waals surface area contributed by atoms with Gasteiger partial charge in [0.1, 0.15) is 11.5 Å². The van der Waals surface area contributed by atoms with E-state index >= 15 is 0 Å². The van der Waals surface area contributed by atoms with Gasteiger partial charge in [-0.1, -0.05) is 30.3 Å². The molecule has 1 saturated heterocycles. The average Bonchev–Trinajstić information content (AvgIpc) is 3.01. The summed E-state index contributed by atoms with van der Waals surface area (Å²) < 4.78 is 23.3. The summed E-state index contributed by atoms with van der Waals surface area (Å²) in [5, 5.41) is 0. The van der Waals surface area contributed by atoms with Gasteiger partial charge in [0.25, 0.3) is 5.91 Å². The minimum Gasteiger partial charge on any atom is -0.354 e. The van der Waals surface area contributed by atoms with Crippen molar-refractivity contribution >= 4 is 21.6 Å². The lowest BCUT2D eigenvalue weighted by Gasteiger charge is -2.24. The van der Waals surface area contributed by atoms with Gasteiger partial charge in [-0.3, -0.25) is 4.79 Å². The first-order chi connectivity index (χ1) is 12.4. The number of hydrogen-bond donors (Lipinski definition) is 0. The zero-order chi connectivity index (χ0) is 18.7. The number of nitrogens with zero attached hydrogens (tertiary/aromatic N) is 4. The number of benzene rings is 1. The molecule has 0 spiro atoms. The van der Waals surface area contributed by atoms with E-state index in [4.69, 9.17) is 0 Å². The summed E-state index contributed by atoms with van der Waals surface area (Å²) in [6, 6.07) is 9.62. The third kappa shape index (κ3) is 4.19. The molecule has 1 amide bonds. The largest absolute Gasteiger partial charge is 0.354 e. The Hall–Kier alpha value is -2.48. The topological polar surface area (TPSA) is 83.5 Å². The van der Waals surface area contributed by atoms with Crippen LogP contribution in [-0.4, -0.2) is 60.8 Å². The predicted molar refractivity (Wildman–Crippen MR) is 99.7 cm³/mol. The van der Waals surface area contributed by atoms with Crippen molar-refractivity contribution in [2.75, 3.05) is 30.5 Å². The molecule has 1 aromatic heterocycles. The summed E-state index contributed by atoms with van der Waals surface area (Å²) in [6.07, 6.45) is 3.55. The van der Waals surface area contributed by atoms with E-state index in [1.165, 1.54) is 12.4 Å². The molecule has 0 bridgehead atoms. The number of amides is 1. The predicted octanol–water partition coefficient (Wildman–Crippen LogP) is 1.37. The zero-order valence-electron chi connectivity index (χ0n) is 14.9. The van der Waals surface area contributed by atoms with Crippen LogP contribution in [0.15, 0.2) is 42.7 Å². The van der Waals surface area contributed by atoms with E-state index in [1.807, 2.05) is 35.2 Å². The van der Waals surface area contributed by atoms with Crippen molar-refractivity contribution < 1.29 is 13.2 Å². The van der Waals surface area contributed by atoms with E-state index < -0.39 is 9.84 Å². The van der Waals surface area contributed by atoms with Gasteiger partial charge in [-0.05, 0) is 12.0 Å². The molecule has 1 fully saturated rings. The average molecular weight is 374 g/mol. The molecule has 2 aromatic rings. The van der Waals surface area contributed by atoms with Crippen LogP contribution in [-0.2, 0) is 16.4 Å². The Morgan fingerprint density at radius 3 is 2.46 bits per heavy atom. The lowest BCUT2D eigenvalue weighted by Crippen LogP contribution is -2.33. The third-order valence-electron chi connectivity index (χ3n) is 4.58. The summed E-state index contributed by atoms with van der Waals surface area (Å²) in [7, 11) is 0.565. The smallest absolute Gasteiger partial charge is 0.274 e. The van der Waals surface area contributed by atoms with Gasteiger partial charge in [-0.15, -0.1) is 0 Å². The number of sulfone groups is 1. The second kappa shape index (κ2) is 7.41. The van der Waals surface area contributed by atoms with Crippen LogP contribution in [0.1, 0.15) is 22.5 Å². The maximum Gasteiger partial charge on any atom is 0.274 e. The minimum absolute atomic E-state index is 0.100. The van der Waals surface area contributed by atoms with E-state index in [-0.39, 0.29) is 29.1 Å². The van der Waals surface area contributed by atoms with Crippen molar-refractivity contribution in [3.63, 3.8) is 0 Å². The molecule has 3 rings (SSSR count). The Labute approximate surface area is 153 Å². The summed E-state index contributed by atoms with van der Waals surface area (Å²) in [4.78, 5) is 24.4. The standard InChI is InChI=1S/C18H22N4O3S/c1-21(12-14-6-4-3-5-7-14)18(23)16-10-20-17(11-19-16)22(2)15-8-9-26(24,25)13-15/h3-7,10-11,15H,8-9,12-13H2,1-2H3. The van der Waals surface area contributed by atoms with Gasteiger partial charge in [0.05, 0.1) is 23.9 Å². The van der Waals surface area contributed by atoms with Gasteiger partial charge >= 0.3 is 0 Å². The molecular weight excluding hydrogens is 352 g/mol. The second-order valence-corrected chi connectivity index (χ2v) is 8.80. The molecule has 1 aromatic carbocycles. The Morgan fingerprint density at radius 2 is 1.88 bits per heavy atom. The first-order valence-electron chi connectivity index (χ1n) is 8.40. The highest BCUT2D eigenvalue weighted by atomic mass is 32.2. The van der Waals surface area contributed by atoms with Gasteiger partial charge < -0.3 is 9.80 Å². The van der Waals surface area contributed by atoms with Gasteiger partial charge in [-0.2, -0.15) is 0 Å². The Morgan fingerprint density at radius 1 is 1.15 bits per heavy atom. The Balaban J connectivity index is 1.66. The zero-order valence-corrected chi connectivity index (χ0v) is 15.7. The highest BCUT2D eigenvalue weighted by molar-refractivity contribution is 7.91. The summed E-state index contributed by atoms with van der Waals surface area (Å²) in [6.45, 7) is 0.489. The number of rotatable bonds is 5. The van der Waals surface area contributed by atoms with Crippen molar-refractivity contribution in [2.24, 2.45) is 0 Å². The molecule has 26 heavy (non-hydrogen) atoms. The second-order valence-electron chi connectivity index (χ2n) is 6.57. The Bertz CT molecular complexity index is 869. The normalized spacial score (nSPS) is 18.5. The molecule has 0 aliphatic carbocycles. The number of anilines is 1. The van der Waals surface area contributed by atoms with Crippen molar-refractivity contribution in [3.8, 4) is 0 Å². The lowest BCUT2D eigenvalue weighted by atomic mass is 10.2. The van der Waals surface area contributed by atoms with Crippen LogP contribution >= 0.6 is 0 Å². The molecule has 8 heteroatoms. The molecule has 7 nitrogen and oxygen atoms in total. The van der Waals surface area contributed by atoms with Crippen LogP contribution in [0.5, 0.6) is 0 Å². The fourth-order valence-electron chi connectivity index (χ4n) is 3.01. The molecule has 1 atom stereocenters. The third-order valence-corrected chi connectivity index (χ3v) is 6.33. The maximum absolute atomic E-state index is 12.5. The number of carbonyl (C=O) groups is 1. The molecule has 1 unspecified atom stereocenters. The first-order valence-corrected chi connectivity index (χ1v) is 10.2. The van der Waals surface area contributed by atoms with E-state index in [1.54, 1.807) is 19.0 Å². The molecule has 138 valence electrons. The van der Waals surface area contributed by atoms with Gasteiger partial charge in [0, 0.05) is 26.7 Å². The highest BCUT2D eigenvalue weighted by Gasteiger charge is 2.31. The molecule has 0 radical (unpaired) electrons. The molecule has 1 aliphatic rings. The maximum atomic E-state index is 12.5. The fraction of sp³-hybridized carbons (Fsp3) is 0.389. The van der Waals surface area contributed by atoms with Gasteiger partial charge in [-0.25, -0.2) is 18.4 Å². The number of carbonyl (C=O) groups excluding carboxylic acids is 1. The van der Waals surface area contributed by atoms with Crippen molar-refractivity contribution in [1.29, 1.82) is 0 Å². The quantitative estimate of drug-likeness (QED) is 0.786. The lowest BCUT2D eigenvalue weighted by molar-refractivity contribution is 0.0779. The van der Waals surface area contributed by atoms with Crippen LogP contribution in [0.4, 0.5) is 5.82 Å². The van der Waals surface area contributed by atoms with Crippen LogP contribution in [0, 0.1) is 0 Å². The monoisotopic (exact) mass is 374 g/mol. The van der Waals surface area contributed by atoms with Crippen LogP contribution < -0.4 is 4.90 Å². The molecule has 0 N–H and O–H groups in total. The van der Waals surface area contributed by atoms with E-state index in [2.05, 4.69) is 9.97 Å². The fourth-order valence-corrected chi connectivity index (χ4v) is 4.78. The minimum atomic E-state index is -2.96. The van der Waals surface area contributed by atoms with Crippen molar-refractivity contribution in [3.05, 3.63) is 54.0 Å². The van der Waals surface area contributed by atoms with E-state index in [9.17, 15) is 13.2 Å². The number of aromatic nitrogens is 2. The molecule has 2 heterocycles. The highest BCUT2D eigenvalue weighted by Crippen LogP contribution is 2.21. The first kappa shape index (κ1) is 18.3. The summed E-state index contributed by atoms with van der Waals surface area (Å²) in [5.74, 6) is 0.690. The van der Waals surface area contributed by atoms with Crippen LogP contribution in [0.2, 0.25) is 0 Å². The van der Waals surface area contributed by atoms with Crippen molar-refractivity contribution in [2.45, 2.75) is 19.0 Å². The number of hydrogen-bond acceptors (Lipinski definition) is 6.